The molecule has 3 rings (SSSR count). The fraction of sp³-hybridized carbons (Fsp3) is 0.167. The number of benzene rings is 2. The fourth-order valence-corrected chi connectivity index (χ4v) is 3.29. The first-order valence-corrected chi connectivity index (χ1v) is 9.17. The Morgan fingerprint density at radius 3 is 2.62 bits per heavy atom. The van der Waals surface area contributed by atoms with Crippen molar-refractivity contribution in [3.8, 4) is 5.69 Å². The maximum absolute atomic E-state index is 13.8. The third kappa shape index (κ3) is 4.23. The van der Waals surface area contributed by atoms with Gasteiger partial charge >= 0.3 is 0 Å². The first-order valence-electron chi connectivity index (χ1n) is 7.81. The number of aryl methyl sites for hydroxylation is 2. The molecule has 2 aromatic carbocycles. The fourth-order valence-electron chi connectivity index (χ4n) is 2.33. The SMILES string of the molecule is Cc1ccc(-n2c(C)nnc2SCC(=O)Nc2ccc(Cl)cc2F)cc1. The lowest BCUT2D eigenvalue weighted by molar-refractivity contribution is -0.113. The van der Waals surface area contributed by atoms with Gasteiger partial charge in [0.25, 0.3) is 0 Å². The summed E-state index contributed by atoms with van der Waals surface area (Å²) in [6.45, 7) is 3.86. The van der Waals surface area contributed by atoms with Gasteiger partial charge < -0.3 is 5.32 Å². The zero-order valence-electron chi connectivity index (χ0n) is 14.2. The number of halogens is 2. The Morgan fingerprint density at radius 1 is 1.19 bits per heavy atom. The summed E-state index contributed by atoms with van der Waals surface area (Å²) in [5, 5.41) is 11.6. The van der Waals surface area contributed by atoms with E-state index in [1.807, 2.05) is 42.7 Å². The minimum absolute atomic E-state index is 0.0755. The van der Waals surface area contributed by atoms with E-state index in [1.54, 1.807) is 0 Å². The summed E-state index contributed by atoms with van der Waals surface area (Å²) in [4.78, 5) is 12.1. The number of carbonyl (C=O) groups is 1. The van der Waals surface area contributed by atoms with Gasteiger partial charge in [0.1, 0.15) is 11.6 Å². The Bertz CT molecular complexity index is 943. The number of thioether (sulfide) groups is 1. The second-order valence-electron chi connectivity index (χ2n) is 5.66. The van der Waals surface area contributed by atoms with E-state index in [1.165, 1.54) is 23.9 Å². The smallest absolute Gasteiger partial charge is 0.234 e. The highest BCUT2D eigenvalue weighted by molar-refractivity contribution is 7.99. The molecule has 0 aliphatic heterocycles. The number of hydrogen-bond donors (Lipinski definition) is 1. The average molecular weight is 391 g/mol. The molecule has 8 heteroatoms. The first kappa shape index (κ1) is 18.4. The first-order chi connectivity index (χ1) is 12.4. The molecule has 0 unspecified atom stereocenters. The summed E-state index contributed by atoms with van der Waals surface area (Å²) in [7, 11) is 0. The average Bonchev–Trinajstić information content (AvgIpc) is 2.97. The quantitative estimate of drug-likeness (QED) is 0.655. The van der Waals surface area contributed by atoms with E-state index in [0.717, 1.165) is 23.1 Å². The zero-order valence-corrected chi connectivity index (χ0v) is 15.7. The maximum Gasteiger partial charge on any atom is 0.234 e. The van der Waals surface area contributed by atoms with Crippen molar-refractivity contribution in [3.05, 3.63) is 64.7 Å². The number of rotatable bonds is 5. The van der Waals surface area contributed by atoms with E-state index < -0.39 is 5.82 Å². The Kier molecular flexibility index (Phi) is 5.58. The molecule has 1 aromatic heterocycles. The number of amides is 1. The summed E-state index contributed by atoms with van der Waals surface area (Å²) in [6.07, 6.45) is 0. The van der Waals surface area contributed by atoms with Crippen molar-refractivity contribution in [2.24, 2.45) is 0 Å². The molecule has 0 aliphatic rings. The molecular formula is C18H16ClFN4OS. The molecule has 0 saturated carbocycles. The summed E-state index contributed by atoms with van der Waals surface area (Å²) in [5.74, 6) is -0.117. The molecule has 5 nitrogen and oxygen atoms in total. The molecule has 0 aliphatic carbocycles. The van der Waals surface area contributed by atoms with Crippen LogP contribution in [0.15, 0.2) is 47.6 Å². The Hall–Kier alpha value is -2.38. The van der Waals surface area contributed by atoms with Crippen molar-refractivity contribution in [3.63, 3.8) is 0 Å². The van der Waals surface area contributed by atoms with Crippen LogP contribution in [-0.2, 0) is 4.79 Å². The van der Waals surface area contributed by atoms with Crippen molar-refractivity contribution in [1.82, 2.24) is 14.8 Å². The molecule has 0 saturated heterocycles. The number of hydrogen-bond acceptors (Lipinski definition) is 4. The lowest BCUT2D eigenvalue weighted by Gasteiger charge is -2.09. The van der Waals surface area contributed by atoms with Gasteiger partial charge in [0, 0.05) is 10.7 Å². The number of anilines is 1. The van der Waals surface area contributed by atoms with Crippen LogP contribution < -0.4 is 5.32 Å². The van der Waals surface area contributed by atoms with Gasteiger partial charge in [-0.25, -0.2) is 4.39 Å². The lowest BCUT2D eigenvalue weighted by atomic mass is 10.2. The molecule has 0 fully saturated rings. The third-order valence-electron chi connectivity index (χ3n) is 3.62. The standard InChI is InChI=1S/C18H16ClFN4OS/c1-11-3-6-14(7-4-11)24-12(2)22-23-18(24)26-10-17(25)21-16-8-5-13(19)9-15(16)20/h3-9H,10H2,1-2H3,(H,21,25). The molecule has 1 amide bonds. The highest BCUT2D eigenvalue weighted by atomic mass is 35.5. The molecule has 1 heterocycles. The van der Waals surface area contributed by atoms with Gasteiger partial charge in [-0.3, -0.25) is 9.36 Å². The van der Waals surface area contributed by atoms with E-state index in [-0.39, 0.29) is 22.4 Å². The van der Waals surface area contributed by atoms with Crippen LogP contribution in [0.25, 0.3) is 5.69 Å². The molecule has 0 spiro atoms. The molecule has 134 valence electrons. The van der Waals surface area contributed by atoms with Crippen molar-refractivity contribution in [1.29, 1.82) is 0 Å². The van der Waals surface area contributed by atoms with E-state index in [2.05, 4.69) is 15.5 Å². The summed E-state index contributed by atoms with van der Waals surface area (Å²) >= 11 is 6.94. The third-order valence-corrected chi connectivity index (χ3v) is 4.79. The predicted octanol–water partition coefficient (Wildman–Crippen LogP) is 4.41. The Labute approximate surface area is 159 Å². The summed E-state index contributed by atoms with van der Waals surface area (Å²) < 4.78 is 15.6. The van der Waals surface area contributed by atoms with Gasteiger partial charge in [-0.1, -0.05) is 41.1 Å². The van der Waals surface area contributed by atoms with Crippen LogP contribution in [0.5, 0.6) is 0 Å². The largest absolute Gasteiger partial charge is 0.323 e. The lowest BCUT2D eigenvalue weighted by Crippen LogP contribution is -2.15. The van der Waals surface area contributed by atoms with Gasteiger partial charge in [-0.05, 0) is 44.2 Å². The second-order valence-corrected chi connectivity index (χ2v) is 7.04. The van der Waals surface area contributed by atoms with Crippen molar-refractivity contribution in [2.75, 3.05) is 11.1 Å². The van der Waals surface area contributed by atoms with Crippen LogP contribution in [0, 0.1) is 19.7 Å². The van der Waals surface area contributed by atoms with E-state index in [0.29, 0.717) is 5.16 Å². The van der Waals surface area contributed by atoms with Crippen molar-refractivity contribution in [2.45, 2.75) is 19.0 Å². The molecule has 0 radical (unpaired) electrons. The van der Waals surface area contributed by atoms with Crippen LogP contribution in [0.4, 0.5) is 10.1 Å². The van der Waals surface area contributed by atoms with E-state index in [9.17, 15) is 9.18 Å². The van der Waals surface area contributed by atoms with Crippen LogP contribution >= 0.6 is 23.4 Å². The topological polar surface area (TPSA) is 59.8 Å². The summed E-state index contributed by atoms with van der Waals surface area (Å²) in [6, 6.07) is 12.0. The van der Waals surface area contributed by atoms with Crippen LogP contribution in [0.2, 0.25) is 5.02 Å². The molecule has 1 N–H and O–H groups in total. The van der Waals surface area contributed by atoms with Crippen LogP contribution in [-0.4, -0.2) is 26.4 Å². The number of nitrogens with zero attached hydrogens (tertiary/aromatic N) is 3. The van der Waals surface area contributed by atoms with Gasteiger partial charge in [-0.15, -0.1) is 10.2 Å². The second kappa shape index (κ2) is 7.88. The van der Waals surface area contributed by atoms with Crippen molar-refractivity contribution >= 4 is 35.0 Å². The van der Waals surface area contributed by atoms with Gasteiger partial charge in [0.05, 0.1) is 11.4 Å². The number of aromatic nitrogens is 3. The predicted molar refractivity (Wildman–Crippen MR) is 102 cm³/mol. The monoisotopic (exact) mass is 390 g/mol. The van der Waals surface area contributed by atoms with Crippen LogP contribution in [0.1, 0.15) is 11.4 Å². The molecular weight excluding hydrogens is 375 g/mol. The number of carbonyl (C=O) groups excluding carboxylic acids is 1. The highest BCUT2D eigenvalue weighted by Crippen LogP contribution is 2.23. The molecule has 0 atom stereocenters. The summed E-state index contributed by atoms with van der Waals surface area (Å²) in [5.41, 5.74) is 2.17. The Morgan fingerprint density at radius 2 is 1.92 bits per heavy atom. The van der Waals surface area contributed by atoms with E-state index >= 15 is 0 Å². The molecule has 26 heavy (non-hydrogen) atoms. The normalized spacial score (nSPS) is 10.8. The van der Waals surface area contributed by atoms with E-state index in [4.69, 9.17) is 11.6 Å². The zero-order chi connectivity index (χ0) is 18.7. The maximum atomic E-state index is 13.8. The van der Waals surface area contributed by atoms with Gasteiger partial charge in [-0.2, -0.15) is 0 Å². The molecule has 3 aromatic rings. The van der Waals surface area contributed by atoms with Crippen LogP contribution in [0.3, 0.4) is 0 Å². The minimum atomic E-state index is -0.575. The molecule has 0 bridgehead atoms. The van der Waals surface area contributed by atoms with Gasteiger partial charge in [0.2, 0.25) is 5.91 Å². The minimum Gasteiger partial charge on any atom is -0.323 e. The van der Waals surface area contributed by atoms with Crippen molar-refractivity contribution < 1.29 is 9.18 Å². The number of nitrogens with one attached hydrogen (secondary N) is 1. The Balaban J connectivity index is 1.70. The van der Waals surface area contributed by atoms with Gasteiger partial charge in [0.15, 0.2) is 5.16 Å². The highest BCUT2D eigenvalue weighted by Gasteiger charge is 2.14.